The van der Waals surface area contributed by atoms with E-state index in [9.17, 15) is 18.8 Å². The number of benzene rings is 2. The number of aromatic nitrogens is 2. The molecule has 7 rings (SSSR count). The van der Waals surface area contributed by atoms with Gasteiger partial charge in [0, 0.05) is 42.4 Å². The number of rotatable bonds is 6. The van der Waals surface area contributed by atoms with Gasteiger partial charge in [0.25, 0.3) is 0 Å². The summed E-state index contributed by atoms with van der Waals surface area (Å²) < 4.78 is 52.5. The lowest BCUT2D eigenvalue weighted by molar-refractivity contribution is -0.127. The van der Waals surface area contributed by atoms with E-state index in [1.54, 1.807) is 6.92 Å². The number of nitriles is 1. The van der Waals surface area contributed by atoms with E-state index in [2.05, 4.69) is 9.88 Å². The maximum Gasteiger partial charge on any atom is 0.319 e. The van der Waals surface area contributed by atoms with Crippen molar-refractivity contribution in [3.63, 3.8) is 0 Å². The molecule has 4 N–H and O–H groups in total. The number of nitrogens with zero attached hydrogens (tertiary/aromatic N) is 5. The molecule has 0 spiro atoms. The van der Waals surface area contributed by atoms with Gasteiger partial charge in [-0.3, -0.25) is 9.69 Å². The third-order valence-electron chi connectivity index (χ3n) is 9.86. The van der Waals surface area contributed by atoms with Crippen LogP contribution in [0.3, 0.4) is 0 Å². The number of hydrogen-bond acceptors (Lipinski definition) is 9. The number of piperidine rings is 1. The van der Waals surface area contributed by atoms with Gasteiger partial charge in [-0.25, -0.2) is 13.2 Å². The molecule has 1 unspecified atom stereocenters. The summed E-state index contributed by atoms with van der Waals surface area (Å²) in [5.41, 5.74) is 10.5. The molecule has 3 aliphatic heterocycles. The molecule has 1 amide bonds. The Labute approximate surface area is 271 Å². The average molecular weight is 670 g/mol. The molecular formula is C32H31ClF3N7O2S. The van der Waals surface area contributed by atoms with Crippen LogP contribution in [0.15, 0.2) is 18.2 Å². The van der Waals surface area contributed by atoms with Gasteiger partial charge in [-0.1, -0.05) is 17.7 Å². The zero-order valence-corrected chi connectivity index (χ0v) is 26.6. The van der Waals surface area contributed by atoms with Crippen molar-refractivity contribution in [1.82, 2.24) is 14.9 Å². The third kappa shape index (κ3) is 4.80. The highest BCUT2D eigenvalue weighted by molar-refractivity contribution is 7.23. The Bertz CT molecular complexity index is 1970. The molecule has 2 aromatic heterocycles. The van der Waals surface area contributed by atoms with Crippen LogP contribution in [0.5, 0.6) is 6.01 Å². The number of primary amides is 1. The highest BCUT2D eigenvalue weighted by Gasteiger charge is 2.49. The maximum atomic E-state index is 16.9. The van der Waals surface area contributed by atoms with Crippen molar-refractivity contribution in [2.45, 2.75) is 50.7 Å². The molecule has 240 valence electrons. The van der Waals surface area contributed by atoms with Crippen LogP contribution in [0, 0.1) is 28.4 Å². The second-order valence-electron chi connectivity index (χ2n) is 12.8. The smallest absolute Gasteiger partial charge is 0.319 e. The van der Waals surface area contributed by atoms with Crippen molar-refractivity contribution >= 4 is 60.7 Å². The Hall–Kier alpha value is -3.86. The average Bonchev–Trinajstić information content (AvgIpc) is 3.66. The highest BCUT2D eigenvalue weighted by atomic mass is 35.5. The van der Waals surface area contributed by atoms with Gasteiger partial charge in [0.2, 0.25) is 5.91 Å². The normalized spacial score (nSPS) is 24.9. The van der Waals surface area contributed by atoms with Gasteiger partial charge in [0.15, 0.2) is 5.82 Å². The van der Waals surface area contributed by atoms with E-state index >= 15 is 4.39 Å². The first-order chi connectivity index (χ1) is 21.9. The van der Waals surface area contributed by atoms with Gasteiger partial charge >= 0.3 is 6.01 Å². The first kappa shape index (κ1) is 30.8. The molecule has 5 heterocycles. The Morgan fingerprint density at radius 2 is 2.04 bits per heavy atom. The SMILES string of the molecule is CC1(C(N)=O)CCCN(c2nc(OC[C@@]34CCCN3C[C@H](F)C4)nc3c(F)c(-c4ccc(F)c5sc(N)c(C#N)c45)c(Cl)cc23)C1. The molecule has 9 nitrogen and oxygen atoms in total. The van der Waals surface area contributed by atoms with E-state index < -0.39 is 34.7 Å². The lowest BCUT2D eigenvalue weighted by Crippen LogP contribution is -2.49. The van der Waals surface area contributed by atoms with Crippen LogP contribution in [-0.4, -0.2) is 65.3 Å². The number of ether oxygens (including phenoxy) is 1. The van der Waals surface area contributed by atoms with E-state index in [0.29, 0.717) is 38.2 Å². The van der Waals surface area contributed by atoms with Crippen molar-refractivity contribution in [2.75, 3.05) is 43.4 Å². The number of carbonyl (C=O) groups is 1. The molecule has 4 aromatic rings. The van der Waals surface area contributed by atoms with Crippen molar-refractivity contribution in [1.29, 1.82) is 5.26 Å². The van der Waals surface area contributed by atoms with Crippen molar-refractivity contribution in [2.24, 2.45) is 11.1 Å². The lowest BCUT2D eigenvalue weighted by atomic mass is 9.81. The second kappa shape index (κ2) is 11.1. The summed E-state index contributed by atoms with van der Waals surface area (Å²) >= 11 is 7.70. The molecular weight excluding hydrogens is 639 g/mol. The Morgan fingerprint density at radius 3 is 2.80 bits per heavy atom. The number of fused-ring (bicyclic) bond motifs is 3. The van der Waals surface area contributed by atoms with Crippen LogP contribution in [0.25, 0.3) is 32.1 Å². The van der Waals surface area contributed by atoms with Gasteiger partial charge in [-0.2, -0.15) is 15.2 Å². The molecule has 3 fully saturated rings. The van der Waals surface area contributed by atoms with Gasteiger partial charge in [-0.05, 0) is 56.8 Å². The molecule has 46 heavy (non-hydrogen) atoms. The molecule has 0 aliphatic carbocycles. The summed E-state index contributed by atoms with van der Waals surface area (Å²) in [7, 11) is 0. The van der Waals surface area contributed by atoms with Crippen molar-refractivity contribution in [3.8, 4) is 23.2 Å². The zero-order valence-electron chi connectivity index (χ0n) is 25.0. The summed E-state index contributed by atoms with van der Waals surface area (Å²) in [6.45, 7) is 3.76. The van der Waals surface area contributed by atoms with E-state index in [4.69, 9.17) is 32.8 Å². The Balaban J connectivity index is 1.40. The fourth-order valence-corrected chi connectivity index (χ4v) is 8.73. The number of carbonyl (C=O) groups excluding carboxylic acids is 1. The fourth-order valence-electron chi connectivity index (χ4n) is 7.49. The Morgan fingerprint density at radius 1 is 1.26 bits per heavy atom. The maximum absolute atomic E-state index is 16.9. The third-order valence-corrected chi connectivity index (χ3v) is 11.2. The quantitative estimate of drug-likeness (QED) is 0.258. The van der Waals surface area contributed by atoms with Crippen LogP contribution in [0.4, 0.5) is 24.0 Å². The second-order valence-corrected chi connectivity index (χ2v) is 14.3. The monoisotopic (exact) mass is 669 g/mol. The number of halogens is 4. The predicted octanol–water partition coefficient (Wildman–Crippen LogP) is 5.94. The zero-order chi connectivity index (χ0) is 32.5. The fraction of sp³-hybridized carbons (Fsp3) is 0.438. The first-order valence-corrected chi connectivity index (χ1v) is 16.3. The Kier molecular flexibility index (Phi) is 7.45. The van der Waals surface area contributed by atoms with E-state index in [1.165, 1.54) is 18.2 Å². The summed E-state index contributed by atoms with van der Waals surface area (Å²) in [4.78, 5) is 25.6. The number of amides is 1. The number of anilines is 2. The van der Waals surface area contributed by atoms with Gasteiger partial charge in [0.1, 0.15) is 41.0 Å². The summed E-state index contributed by atoms with van der Waals surface area (Å²) in [6, 6.07) is 5.98. The minimum absolute atomic E-state index is 0.0137. The summed E-state index contributed by atoms with van der Waals surface area (Å²) in [5.74, 6) is -1.56. The van der Waals surface area contributed by atoms with Crippen LogP contribution in [0.1, 0.15) is 44.6 Å². The molecule has 0 bridgehead atoms. The summed E-state index contributed by atoms with van der Waals surface area (Å²) in [5, 5.41) is 10.4. The molecule has 3 atom stereocenters. The van der Waals surface area contributed by atoms with E-state index in [0.717, 1.165) is 30.7 Å². The molecule has 3 saturated heterocycles. The molecule has 0 saturated carbocycles. The van der Waals surface area contributed by atoms with Crippen LogP contribution in [0.2, 0.25) is 5.02 Å². The van der Waals surface area contributed by atoms with E-state index in [1.807, 2.05) is 11.0 Å². The van der Waals surface area contributed by atoms with Gasteiger partial charge in [0.05, 0.1) is 26.2 Å². The largest absolute Gasteiger partial charge is 0.461 e. The van der Waals surface area contributed by atoms with Gasteiger partial charge in [-0.15, -0.1) is 11.3 Å². The minimum Gasteiger partial charge on any atom is -0.461 e. The molecule has 0 radical (unpaired) electrons. The topological polar surface area (TPSA) is 134 Å². The molecule has 2 aromatic carbocycles. The number of nitrogen functional groups attached to an aromatic ring is 1. The minimum atomic E-state index is -0.962. The lowest BCUT2D eigenvalue weighted by Gasteiger charge is -2.39. The number of thiophene rings is 1. The summed E-state index contributed by atoms with van der Waals surface area (Å²) in [6.07, 6.45) is 2.26. The van der Waals surface area contributed by atoms with E-state index in [-0.39, 0.29) is 66.9 Å². The number of alkyl halides is 1. The standard InChI is InChI=1S/C32H31ClF3N7O2S/c1-31(29(39)44)6-2-8-42(14-31)28-18-10-20(33)23(17-4-5-21(35)26-22(17)19(12-37)27(38)46-26)24(36)25(18)40-30(41-28)45-15-32-7-3-9-43(32)13-16(34)11-32/h4-5,10,16H,2-3,6-9,11,13-15,38H2,1H3,(H2,39,44)/t16-,31?,32+/m1/s1. The van der Waals surface area contributed by atoms with Crippen molar-refractivity contribution < 1.29 is 22.7 Å². The predicted molar refractivity (Wildman–Crippen MR) is 172 cm³/mol. The number of nitrogens with two attached hydrogens (primary N) is 2. The van der Waals surface area contributed by atoms with Gasteiger partial charge < -0.3 is 21.1 Å². The van der Waals surface area contributed by atoms with Crippen molar-refractivity contribution in [3.05, 3.63) is 40.4 Å². The first-order valence-electron chi connectivity index (χ1n) is 15.1. The number of hydrogen-bond donors (Lipinski definition) is 2. The van der Waals surface area contributed by atoms with Crippen LogP contribution < -0.4 is 21.1 Å². The highest BCUT2D eigenvalue weighted by Crippen LogP contribution is 2.46. The molecule has 14 heteroatoms. The van der Waals surface area contributed by atoms with Crippen LogP contribution in [-0.2, 0) is 4.79 Å². The van der Waals surface area contributed by atoms with Crippen LogP contribution >= 0.6 is 22.9 Å². The molecule has 3 aliphatic rings.